The Morgan fingerprint density at radius 3 is 1.56 bits per heavy atom. The van der Waals surface area contributed by atoms with E-state index in [0.29, 0.717) is 6.42 Å². The first kappa shape index (κ1) is 57.1. The summed E-state index contributed by atoms with van der Waals surface area (Å²) in [6.45, 7) is 2.45. The molecule has 61 heavy (non-hydrogen) atoms. The van der Waals surface area contributed by atoms with Crippen molar-refractivity contribution in [2.24, 2.45) is 5.73 Å². The quantitative estimate of drug-likeness (QED) is 0.0132. The van der Waals surface area contributed by atoms with E-state index < -0.39 is 57.7 Å². The number of ether oxygens (including phenoxy) is 2. The summed E-state index contributed by atoms with van der Waals surface area (Å²) in [7, 11) is -4.80. The molecule has 3 atom stereocenters. The number of aliphatic carboxylic acids is 1. The lowest BCUT2D eigenvalue weighted by Crippen LogP contribution is -2.34. The van der Waals surface area contributed by atoms with Gasteiger partial charge < -0.3 is 25.2 Å². The molecule has 1 unspecified atom stereocenters. The summed E-state index contributed by atoms with van der Waals surface area (Å²) in [5.41, 5.74) is 5.31. The molecular formula is C48H76NO11P. The van der Waals surface area contributed by atoms with Gasteiger partial charge in [-0.3, -0.25) is 28.2 Å². The number of phosphoric ester groups is 1. The Morgan fingerprint density at radius 1 is 0.557 bits per heavy atom. The normalized spacial score (nSPS) is 14.5. The maximum Gasteiger partial charge on any atom is 0.472 e. The molecule has 13 heteroatoms. The van der Waals surface area contributed by atoms with E-state index in [1.165, 1.54) is 44.6 Å². The van der Waals surface area contributed by atoms with E-state index >= 15 is 0 Å². The number of carboxylic acids is 1. The summed E-state index contributed by atoms with van der Waals surface area (Å²) in [5.74, 6) is -2.89. The van der Waals surface area contributed by atoms with Gasteiger partial charge in [-0.25, -0.2) is 4.57 Å². The molecule has 0 rings (SSSR count). The third-order valence-corrected chi connectivity index (χ3v) is 9.73. The fourth-order valence-corrected chi connectivity index (χ4v) is 6.01. The fraction of sp³-hybridized carbons (Fsp3) is 0.583. The minimum atomic E-state index is -4.80. The number of rotatable bonds is 40. The molecule has 4 N–H and O–H groups in total. The molecule has 0 heterocycles. The highest BCUT2D eigenvalue weighted by atomic mass is 31.2. The largest absolute Gasteiger partial charge is 0.480 e. The molecule has 0 aromatic carbocycles. The van der Waals surface area contributed by atoms with E-state index in [9.17, 15) is 28.6 Å². The maximum atomic E-state index is 12.6. The predicted molar refractivity (Wildman–Crippen MR) is 245 cm³/mol. The van der Waals surface area contributed by atoms with Crippen molar-refractivity contribution in [2.75, 3.05) is 19.8 Å². The third kappa shape index (κ3) is 41.2. The average molecular weight is 874 g/mol. The van der Waals surface area contributed by atoms with Crippen molar-refractivity contribution in [3.63, 3.8) is 0 Å². The molecule has 0 aliphatic carbocycles. The van der Waals surface area contributed by atoms with E-state index in [0.717, 1.165) is 64.2 Å². The van der Waals surface area contributed by atoms with Crippen LogP contribution < -0.4 is 5.73 Å². The van der Waals surface area contributed by atoms with Crippen LogP contribution in [0, 0.1) is 0 Å². The number of phosphoric acid groups is 1. The van der Waals surface area contributed by atoms with Crippen LogP contribution in [0.4, 0.5) is 0 Å². The average Bonchev–Trinajstić information content (AvgIpc) is 3.23. The summed E-state index contributed by atoms with van der Waals surface area (Å²) < 4.78 is 32.5. The number of nitrogens with two attached hydrogens (primary N) is 1. The number of ketones is 1. The molecule has 0 radical (unpaired) electrons. The van der Waals surface area contributed by atoms with Crippen molar-refractivity contribution in [1.82, 2.24) is 0 Å². The smallest absolute Gasteiger partial charge is 0.472 e. The third-order valence-electron chi connectivity index (χ3n) is 8.78. The summed E-state index contributed by atoms with van der Waals surface area (Å²) in [4.78, 5) is 58.2. The lowest BCUT2D eigenvalue weighted by Gasteiger charge is -2.20. The van der Waals surface area contributed by atoms with E-state index in [2.05, 4.69) is 91.3 Å². The van der Waals surface area contributed by atoms with Crippen molar-refractivity contribution < 1.29 is 52.3 Å². The zero-order valence-corrected chi connectivity index (χ0v) is 37.9. The van der Waals surface area contributed by atoms with Crippen molar-refractivity contribution in [1.29, 1.82) is 0 Å². The molecule has 0 saturated heterocycles. The van der Waals surface area contributed by atoms with Crippen LogP contribution >= 0.6 is 7.82 Å². The van der Waals surface area contributed by atoms with Crippen LogP contribution in [-0.2, 0) is 42.3 Å². The van der Waals surface area contributed by atoms with Gasteiger partial charge in [-0.2, -0.15) is 0 Å². The topological polar surface area (TPSA) is 189 Å². The summed E-state index contributed by atoms with van der Waals surface area (Å²) in [6, 6.07) is -1.57. The number of carbonyl (C=O) groups excluding carboxylic acids is 3. The Bertz CT molecular complexity index is 1460. The van der Waals surface area contributed by atoms with E-state index in [-0.39, 0.29) is 31.5 Å². The molecule has 0 bridgehead atoms. The Balaban J connectivity index is 4.63. The van der Waals surface area contributed by atoms with Gasteiger partial charge in [-0.1, -0.05) is 137 Å². The van der Waals surface area contributed by atoms with Crippen molar-refractivity contribution in [3.8, 4) is 0 Å². The van der Waals surface area contributed by atoms with Crippen LogP contribution in [-0.4, -0.2) is 65.7 Å². The van der Waals surface area contributed by atoms with Crippen LogP contribution in [0.1, 0.15) is 149 Å². The van der Waals surface area contributed by atoms with Crippen molar-refractivity contribution in [3.05, 3.63) is 97.2 Å². The van der Waals surface area contributed by atoms with Gasteiger partial charge in [0.05, 0.1) is 13.2 Å². The highest BCUT2D eigenvalue weighted by molar-refractivity contribution is 7.47. The van der Waals surface area contributed by atoms with Crippen LogP contribution in [0.2, 0.25) is 0 Å². The number of carboxylic acid groups (broad SMARTS) is 1. The Labute approximate surface area is 366 Å². The molecule has 0 aliphatic heterocycles. The standard InChI is InChI=1S/C48H76NO11P/c1-3-5-7-9-11-13-15-17-18-19-20-21-22-24-26-28-30-32-34-38-46(51)57-40-44(41-58-61(55,56)59-42-45(49)48(53)54)60-47(52)39-35-37-43(50)36-33-31-29-27-25-23-16-14-12-10-8-6-4-2/h11-14,17-18,20-21,23-26,29,31,33,36,44-45H,3-10,15-16,19,22,27-28,30,32,34-35,37-42,49H2,1-2H3,(H,53,54)(H,55,56)/b13-11-,14-12-,18-17-,21-20-,25-23-,26-24-,31-29-,36-33+/t44-,45+/m1/s1. The van der Waals surface area contributed by atoms with Crippen molar-refractivity contribution >= 4 is 31.5 Å². The number of esters is 2. The van der Waals surface area contributed by atoms with Crippen molar-refractivity contribution in [2.45, 2.75) is 161 Å². The Kier molecular flexibility index (Phi) is 38.8. The van der Waals surface area contributed by atoms with E-state index in [1.54, 1.807) is 12.2 Å². The Hall–Kier alpha value is -3.93. The van der Waals surface area contributed by atoms with E-state index in [1.807, 2.05) is 6.08 Å². The number of unbranched alkanes of at least 4 members (excludes halogenated alkanes) is 9. The SMILES string of the molecule is CCCCC/C=C\C/C=C\C/C=C\C=C\C(=O)CCCC(=O)O[C@H](COC(=O)CCCCC/C=C\C/C=C\C/C=C\C/C=C\CCCCC)COP(=O)(O)OC[C@H](N)C(=O)O. The van der Waals surface area contributed by atoms with Gasteiger partial charge in [-0.15, -0.1) is 0 Å². The summed E-state index contributed by atoms with van der Waals surface area (Å²) >= 11 is 0. The van der Waals surface area contributed by atoms with Gasteiger partial charge in [0.2, 0.25) is 0 Å². The lowest BCUT2D eigenvalue weighted by atomic mass is 10.1. The monoisotopic (exact) mass is 874 g/mol. The first-order chi connectivity index (χ1) is 29.5. The number of hydrogen-bond acceptors (Lipinski definition) is 10. The minimum absolute atomic E-state index is 0.0893. The van der Waals surface area contributed by atoms with Gasteiger partial charge in [0, 0.05) is 19.3 Å². The number of allylic oxidation sites excluding steroid dienone is 16. The molecule has 12 nitrogen and oxygen atoms in total. The number of hydrogen-bond donors (Lipinski definition) is 3. The van der Waals surface area contributed by atoms with Crippen LogP contribution in [0.25, 0.3) is 0 Å². The van der Waals surface area contributed by atoms with Gasteiger partial charge in [0.25, 0.3) is 0 Å². The summed E-state index contributed by atoms with van der Waals surface area (Å²) in [5, 5.41) is 8.89. The molecule has 0 aliphatic rings. The minimum Gasteiger partial charge on any atom is -0.480 e. The maximum absolute atomic E-state index is 12.6. The summed E-state index contributed by atoms with van der Waals surface area (Å²) in [6.07, 6.45) is 49.1. The lowest BCUT2D eigenvalue weighted by molar-refractivity contribution is -0.161. The second kappa shape index (κ2) is 41.4. The molecule has 0 aromatic heterocycles. The van der Waals surface area contributed by atoms with Gasteiger partial charge in [0.1, 0.15) is 12.6 Å². The molecular weight excluding hydrogens is 797 g/mol. The molecule has 0 spiro atoms. The molecule has 0 saturated carbocycles. The second-order valence-corrected chi connectivity index (χ2v) is 16.0. The first-order valence-electron chi connectivity index (χ1n) is 22.2. The van der Waals surface area contributed by atoms with Gasteiger partial charge in [-0.05, 0) is 89.5 Å². The van der Waals surface area contributed by atoms with Gasteiger partial charge in [0.15, 0.2) is 11.9 Å². The van der Waals surface area contributed by atoms with Gasteiger partial charge >= 0.3 is 25.7 Å². The zero-order chi connectivity index (χ0) is 45.1. The molecule has 0 fully saturated rings. The second-order valence-electron chi connectivity index (χ2n) is 14.5. The number of carbonyl (C=O) groups is 4. The fourth-order valence-electron chi connectivity index (χ4n) is 5.23. The van der Waals surface area contributed by atoms with Crippen LogP contribution in [0.15, 0.2) is 97.2 Å². The van der Waals surface area contributed by atoms with Crippen LogP contribution in [0.3, 0.4) is 0 Å². The molecule has 344 valence electrons. The predicted octanol–water partition coefficient (Wildman–Crippen LogP) is 11.2. The Morgan fingerprint density at radius 2 is 1.03 bits per heavy atom. The zero-order valence-electron chi connectivity index (χ0n) is 37.0. The molecule has 0 aromatic rings. The first-order valence-corrected chi connectivity index (χ1v) is 23.7. The van der Waals surface area contributed by atoms with E-state index in [4.69, 9.17) is 24.8 Å². The highest BCUT2D eigenvalue weighted by Crippen LogP contribution is 2.43. The van der Waals surface area contributed by atoms with Crippen LogP contribution in [0.5, 0.6) is 0 Å². The highest BCUT2D eigenvalue weighted by Gasteiger charge is 2.28. The molecule has 0 amide bonds.